The summed E-state index contributed by atoms with van der Waals surface area (Å²) in [7, 11) is 0. The molecule has 0 amide bonds. The second-order valence-electron chi connectivity index (χ2n) is 6.10. The average Bonchev–Trinajstić information content (AvgIpc) is 2.55. The molecule has 6 heteroatoms. The molecule has 24 heavy (non-hydrogen) atoms. The van der Waals surface area contributed by atoms with Crippen molar-refractivity contribution < 1.29 is 9.67 Å². The molecule has 0 aromatic carbocycles. The zero-order valence-electron chi connectivity index (χ0n) is 13.5. The molecule has 1 unspecified atom stereocenters. The molecule has 2 aromatic rings. The van der Waals surface area contributed by atoms with Crippen molar-refractivity contribution in [2.24, 2.45) is 0 Å². The van der Waals surface area contributed by atoms with Crippen LogP contribution in [0.15, 0.2) is 59.5 Å². The molecule has 0 saturated carbocycles. The van der Waals surface area contributed by atoms with Gasteiger partial charge in [0.15, 0.2) is 17.6 Å². The molecule has 0 aliphatic carbocycles. The largest absolute Gasteiger partial charge is 0.366 e. The molecule has 3 heterocycles. The standard InChI is InChI=1S/C18H18N4OS/c1-12-6-3-4-9-22(12)16-15(13-7-5-8-20-11-13)14(10-19)17(24)21-18(16,2)23/h3-9,11,15-16,21,23H,1-2H3/p+1/t15-,16?,18+/m0/s1. The van der Waals surface area contributed by atoms with Gasteiger partial charge >= 0.3 is 0 Å². The minimum absolute atomic E-state index is 0.362. The van der Waals surface area contributed by atoms with E-state index >= 15 is 0 Å². The predicted molar refractivity (Wildman–Crippen MR) is 92.8 cm³/mol. The third kappa shape index (κ3) is 2.77. The summed E-state index contributed by atoms with van der Waals surface area (Å²) in [6.07, 6.45) is 5.34. The number of hydrogen-bond donors (Lipinski definition) is 3. The summed E-state index contributed by atoms with van der Waals surface area (Å²) in [6.45, 7) is 3.67. The minimum Gasteiger partial charge on any atom is -0.366 e. The zero-order chi connectivity index (χ0) is 17.3. The van der Waals surface area contributed by atoms with E-state index in [0.717, 1.165) is 11.3 Å². The number of pyridine rings is 2. The van der Waals surface area contributed by atoms with E-state index in [1.165, 1.54) is 0 Å². The van der Waals surface area contributed by atoms with Gasteiger partial charge in [-0.05, 0) is 18.6 Å². The van der Waals surface area contributed by atoms with Crippen molar-refractivity contribution in [3.63, 3.8) is 0 Å². The van der Waals surface area contributed by atoms with Crippen molar-refractivity contribution in [2.75, 3.05) is 0 Å². The van der Waals surface area contributed by atoms with Crippen LogP contribution in [0.4, 0.5) is 0 Å². The smallest absolute Gasteiger partial charge is 0.216 e. The molecule has 0 fully saturated rings. The zero-order valence-corrected chi connectivity index (χ0v) is 14.4. The van der Waals surface area contributed by atoms with Crippen molar-refractivity contribution in [2.45, 2.75) is 31.5 Å². The molecule has 0 spiro atoms. The fourth-order valence-corrected chi connectivity index (χ4v) is 3.74. The quantitative estimate of drug-likeness (QED) is 0.578. The number of allylic oxidation sites excluding steroid dienone is 1. The van der Waals surface area contributed by atoms with Crippen LogP contribution in [0, 0.1) is 18.3 Å². The molecular weight excluding hydrogens is 320 g/mol. The van der Waals surface area contributed by atoms with Gasteiger partial charge < -0.3 is 10.4 Å². The summed E-state index contributed by atoms with van der Waals surface area (Å²) in [5.41, 5.74) is 1.05. The van der Waals surface area contributed by atoms with E-state index in [0.29, 0.717) is 10.6 Å². The molecule has 0 bridgehead atoms. The van der Waals surface area contributed by atoms with Crippen LogP contribution in [0.3, 0.4) is 0 Å². The summed E-state index contributed by atoms with van der Waals surface area (Å²) < 4.78 is 1.99. The molecular formula is C18H19N4OS+. The van der Waals surface area contributed by atoms with Gasteiger partial charge in [-0.2, -0.15) is 9.83 Å². The van der Waals surface area contributed by atoms with E-state index < -0.39 is 11.8 Å². The highest BCUT2D eigenvalue weighted by atomic mass is 32.1. The molecule has 122 valence electrons. The van der Waals surface area contributed by atoms with Gasteiger partial charge in [-0.15, -0.1) is 12.6 Å². The van der Waals surface area contributed by atoms with Crippen molar-refractivity contribution >= 4 is 12.6 Å². The Labute approximate surface area is 146 Å². The highest BCUT2D eigenvalue weighted by molar-refractivity contribution is 7.84. The number of aromatic nitrogens is 2. The van der Waals surface area contributed by atoms with Crippen LogP contribution >= 0.6 is 12.6 Å². The molecule has 3 atom stereocenters. The van der Waals surface area contributed by atoms with Crippen LogP contribution in [0.2, 0.25) is 0 Å². The fraction of sp³-hybridized carbons (Fsp3) is 0.278. The van der Waals surface area contributed by atoms with Crippen molar-refractivity contribution in [3.8, 4) is 6.07 Å². The summed E-state index contributed by atoms with van der Waals surface area (Å²) >= 11 is 4.39. The molecule has 0 saturated heterocycles. The van der Waals surface area contributed by atoms with Crippen molar-refractivity contribution in [1.29, 1.82) is 5.26 Å². The van der Waals surface area contributed by atoms with Gasteiger partial charge in [0.25, 0.3) is 0 Å². The van der Waals surface area contributed by atoms with Gasteiger partial charge in [-0.25, -0.2) is 0 Å². The number of aliphatic hydroxyl groups is 1. The van der Waals surface area contributed by atoms with Gasteiger partial charge in [0.2, 0.25) is 6.04 Å². The molecule has 3 rings (SSSR count). The number of rotatable bonds is 2. The van der Waals surface area contributed by atoms with Gasteiger partial charge in [0.05, 0.1) is 22.6 Å². The van der Waals surface area contributed by atoms with Gasteiger partial charge in [-0.1, -0.05) is 12.1 Å². The first-order valence-electron chi connectivity index (χ1n) is 7.66. The van der Waals surface area contributed by atoms with Crippen LogP contribution in [-0.2, 0) is 0 Å². The first-order chi connectivity index (χ1) is 11.5. The number of nitriles is 1. The Kier molecular flexibility index (Phi) is 4.31. The summed E-state index contributed by atoms with van der Waals surface area (Å²) in [4.78, 5) is 4.18. The van der Waals surface area contributed by atoms with Crippen LogP contribution in [0.1, 0.15) is 30.1 Å². The lowest BCUT2D eigenvalue weighted by molar-refractivity contribution is -0.746. The highest BCUT2D eigenvalue weighted by Crippen LogP contribution is 2.43. The topological polar surface area (TPSA) is 72.8 Å². The molecule has 2 N–H and O–H groups in total. The Morgan fingerprint density at radius 2 is 2.17 bits per heavy atom. The number of hydrogen-bond acceptors (Lipinski definition) is 5. The van der Waals surface area contributed by atoms with E-state index in [1.807, 2.05) is 48.0 Å². The van der Waals surface area contributed by atoms with Gasteiger partial charge in [-0.3, -0.25) is 4.98 Å². The third-order valence-electron chi connectivity index (χ3n) is 4.40. The normalized spacial score (nSPS) is 26.6. The van der Waals surface area contributed by atoms with Crippen LogP contribution in [0.5, 0.6) is 0 Å². The molecule has 5 nitrogen and oxygen atoms in total. The summed E-state index contributed by atoms with van der Waals surface area (Å²) in [5.74, 6) is -0.362. The van der Waals surface area contributed by atoms with E-state index in [1.54, 1.807) is 19.3 Å². The Morgan fingerprint density at radius 3 is 2.79 bits per heavy atom. The second-order valence-corrected chi connectivity index (χ2v) is 6.55. The highest BCUT2D eigenvalue weighted by Gasteiger charge is 2.52. The van der Waals surface area contributed by atoms with Crippen LogP contribution < -0.4 is 9.88 Å². The maximum Gasteiger partial charge on any atom is 0.216 e. The molecule has 1 aliphatic rings. The fourth-order valence-electron chi connectivity index (χ4n) is 3.33. The Morgan fingerprint density at radius 1 is 1.38 bits per heavy atom. The van der Waals surface area contributed by atoms with Crippen molar-refractivity contribution in [1.82, 2.24) is 10.3 Å². The van der Waals surface area contributed by atoms with E-state index in [2.05, 4.69) is 29.0 Å². The monoisotopic (exact) mass is 339 g/mol. The van der Waals surface area contributed by atoms with Crippen molar-refractivity contribution in [3.05, 3.63) is 70.8 Å². The maximum atomic E-state index is 11.1. The molecule has 0 radical (unpaired) electrons. The first kappa shape index (κ1) is 16.5. The lowest BCUT2D eigenvalue weighted by Crippen LogP contribution is -2.63. The second kappa shape index (κ2) is 6.27. The lowest BCUT2D eigenvalue weighted by atomic mass is 9.78. The number of aryl methyl sites for hydroxylation is 1. The predicted octanol–water partition coefficient (Wildman–Crippen LogP) is 1.98. The van der Waals surface area contributed by atoms with Crippen LogP contribution in [0.25, 0.3) is 0 Å². The van der Waals surface area contributed by atoms with E-state index in [4.69, 9.17) is 0 Å². The Hall–Kier alpha value is -2.36. The Balaban J connectivity index is 2.27. The van der Waals surface area contributed by atoms with Gasteiger partial charge in [0.1, 0.15) is 0 Å². The SMILES string of the molecule is Cc1cccc[n+]1C1[C@@H](c2cccnc2)C(C#N)=C(S)N[C@]1(C)O. The first-order valence-corrected chi connectivity index (χ1v) is 8.11. The van der Waals surface area contributed by atoms with E-state index in [9.17, 15) is 10.4 Å². The van der Waals surface area contributed by atoms with E-state index in [-0.39, 0.29) is 5.92 Å². The van der Waals surface area contributed by atoms with Crippen LogP contribution in [-0.4, -0.2) is 15.8 Å². The maximum absolute atomic E-state index is 11.1. The number of nitrogens with one attached hydrogen (secondary N) is 1. The summed E-state index contributed by atoms with van der Waals surface area (Å²) in [5, 5.41) is 24.1. The molecule has 2 aromatic heterocycles. The van der Waals surface area contributed by atoms with Gasteiger partial charge in [0, 0.05) is 31.5 Å². The number of nitrogens with zero attached hydrogens (tertiary/aromatic N) is 3. The molecule has 1 aliphatic heterocycles. The average molecular weight is 339 g/mol. The lowest BCUT2D eigenvalue weighted by Gasteiger charge is -2.40. The third-order valence-corrected chi connectivity index (χ3v) is 4.75. The Bertz CT molecular complexity index is 826. The minimum atomic E-state index is -1.28. The number of thiol groups is 1. The summed E-state index contributed by atoms with van der Waals surface area (Å²) in [6, 6.07) is 11.4.